The molecule has 0 radical (unpaired) electrons. The summed E-state index contributed by atoms with van der Waals surface area (Å²) in [6.45, 7) is 5.88. The Hall–Kier alpha value is -1.46. The number of ether oxygens (including phenoxy) is 1. The van der Waals surface area contributed by atoms with Crippen LogP contribution in [0.5, 0.6) is 5.75 Å². The van der Waals surface area contributed by atoms with Crippen LogP contribution in [0.1, 0.15) is 57.4 Å². The highest BCUT2D eigenvalue weighted by Crippen LogP contribution is 2.59. The van der Waals surface area contributed by atoms with Gasteiger partial charge in [-0.15, -0.1) is 23.2 Å². The summed E-state index contributed by atoms with van der Waals surface area (Å²) in [7, 11) is 0. The van der Waals surface area contributed by atoms with E-state index in [1.54, 1.807) is 0 Å². The van der Waals surface area contributed by atoms with Crippen LogP contribution in [-0.4, -0.2) is 57.2 Å². The van der Waals surface area contributed by atoms with Crippen LogP contribution in [0, 0.1) is 11.8 Å². The average molecular weight is 465 g/mol. The minimum Gasteiger partial charge on any atom is -0.478 e. The normalized spacial score (nSPS) is 31.8. The number of likely N-dealkylation sites (tertiary alicyclic amines) is 1. The maximum atomic E-state index is 13.4. The number of carbonyl (C=O) groups is 2. The van der Waals surface area contributed by atoms with Gasteiger partial charge in [0.25, 0.3) is 5.91 Å². The van der Waals surface area contributed by atoms with Gasteiger partial charge in [-0.3, -0.25) is 9.59 Å². The fraction of sp³-hybridized carbons (Fsp3) is 0.667. The highest BCUT2D eigenvalue weighted by Gasteiger charge is 2.52. The molecule has 1 aromatic rings. The van der Waals surface area contributed by atoms with Crippen LogP contribution in [0.25, 0.3) is 0 Å². The van der Waals surface area contributed by atoms with E-state index < -0.39 is 9.93 Å². The summed E-state index contributed by atoms with van der Waals surface area (Å²) in [6.07, 6.45) is 4.58. The third-order valence-corrected chi connectivity index (χ3v) is 8.30. The lowest BCUT2D eigenvalue weighted by Gasteiger charge is -2.53. The SMILES string of the molecule is CC(C)(Oc1ccc([C@H]2CC2(Cl)Cl)cc1)C(=O)N1C[C@H]2C[C@@H](C1)[C@@H]1CCCC(=O)N1C2. The number of fused-ring (bicyclic) bond motifs is 4. The molecule has 4 aliphatic rings. The molecule has 168 valence electrons. The van der Waals surface area contributed by atoms with Crippen molar-refractivity contribution in [2.45, 2.75) is 67.8 Å². The molecular weight excluding hydrogens is 435 g/mol. The molecule has 3 aliphatic heterocycles. The molecule has 7 heteroatoms. The zero-order chi connectivity index (χ0) is 22.0. The van der Waals surface area contributed by atoms with Gasteiger partial charge in [-0.05, 0) is 69.1 Å². The van der Waals surface area contributed by atoms with Crippen molar-refractivity contribution in [1.82, 2.24) is 9.80 Å². The number of carbonyl (C=O) groups excluding carboxylic acids is 2. The van der Waals surface area contributed by atoms with Crippen molar-refractivity contribution in [3.8, 4) is 5.75 Å². The molecule has 0 unspecified atom stereocenters. The number of hydrogen-bond donors (Lipinski definition) is 0. The van der Waals surface area contributed by atoms with E-state index in [1.165, 1.54) is 0 Å². The van der Waals surface area contributed by atoms with Gasteiger partial charge in [0.15, 0.2) is 5.60 Å². The lowest BCUT2D eigenvalue weighted by molar-refractivity contribution is -0.156. The number of benzene rings is 1. The van der Waals surface area contributed by atoms with Crippen molar-refractivity contribution in [3.63, 3.8) is 0 Å². The number of nitrogens with zero attached hydrogens (tertiary/aromatic N) is 2. The van der Waals surface area contributed by atoms with Gasteiger partial charge in [-0.2, -0.15) is 0 Å². The molecule has 2 amide bonds. The van der Waals surface area contributed by atoms with Gasteiger partial charge in [0.2, 0.25) is 5.91 Å². The standard InChI is InChI=1S/C24H30Cl2N2O3/c1-23(2,31-18-8-6-16(7-9-18)19-11-24(19,25)26)22(30)27-12-15-10-17(14-27)20-4-3-5-21(29)28(20)13-15/h6-9,15,17,19-20H,3-5,10-14H2,1-2H3/t15-,17+,19-,20+/m1/s1. The first kappa shape index (κ1) is 21.4. The monoisotopic (exact) mass is 464 g/mol. The Morgan fingerprint density at radius 2 is 1.87 bits per heavy atom. The van der Waals surface area contributed by atoms with Gasteiger partial charge in [0.05, 0.1) is 0 Å². The van der Waals surface area contributed by atoms with Gasteiger partial charge in [0, 0.05) is 38.0 Å². The topological polar surface area (TPSA) is 49.9 Å². The summed E-state index contributed by atoms with van der Waals surface area (Å²) in [6, 6.07) is 8.04. The number of hydrogen-bond acceptors (Lipinski definition) is 3. The average Bonchev–Trinajstić information content (AvgIpc) is 3.36. The fourth-order valence-electron chi connectivity index (χ4n) is 5.84. The number of alkyl halides is 2. The Bertz CT molecular complexity index is 885. The van der Waals surface area contributed by atoms with E-state index >= 15 is 0 Å². The van der Waals surface area contributed by atoms with Gasteiger partial charge in [-0.25, -0.2) is 0 Å². The smallest absolute Gasteiger partial charge is 0.266 e. The summed E-state index contributed by atoms with van der Waals surface area (Å²) in [5, 5.41) is 0. The molecule has 3 heterocycles. The third-order valence-electron chi connectivity index (χ3n) is 7.46. The van der Waals surface area contributed by atoms with E-state index in [9.17, 15) is 9.59 Å². The van der Waals surface area contributed by atoms with Gasteiger partial charge < -0.3 is 14.5 Å². The summed E-state index contributed by atoms with van der Waals surface area (Å²) in [5.41, 5.74) is 0.134. The van der Waals surface area contributed by atoms with Crippen LogP contribution in [0.3, 0.4) is 0 Å². The molecule has 31 heavy (non-hydrogen) atoms. The van der Waals surface area contributed by atoms with Gasteiger partial charge in [-0.1, -0.05) is 12.1 Å². The maximum Gasteiger partial charge on any atom is 0.266 e. The zero-order valence-electron chi connectivity index (χ0n) is 18.2. The Morgan fingerprint density at radius 3 is 2.55 bits per heavy atom. The second kappa shape index (κ2) is 7.55. The molecule has 3 saturated heterocycles. The van der Waals surface area contributed by atoms with Crippen LogP contribution >= 0.6 is 23.2 Å². The zero-order valence-corrected chi connectivity index (χ0v) is 19.7. The molecule has 0 N–H and O–H groups in total. The van der Waals surface area contributed by atoms with Crippen molar-refractivity contribution < 1.29 is 14.3 Å². The van der Waals surface area contributed by atoms with Crippen molar-refractivity contribution in [2.24, 2.45) is 11.8 Å². The molecule has 5 rings (SSSR count). The lowest BCUT2D eigenvalue weighted by Crippen LogP contribution is -2.63. The van der Waals surface area contributed by atoms with Crippen LogP contribution < -0.4 is 4.74 Å². The predicted molar refractivity (Wildman–Crippen MR) is 120 cm³/mol. The lowest BCUT2D eigenvalue weighted by atomic mass is 9.75. The van der Waals surface area contributed by atoms with E-state index in [0.29, 0.717) is 49.0 Å². The summed E-state index contributed by atoms with van der Waals surface area (Å²) in [5.74, 6) is 1.88. The molecule has 0 aromatic heterocycles. The molecule has 4 atom stereocenters. The molecule has 4 fully saturated rings. The second-order valence-corrected chi connectivity index (χ2v) is 11.8. The molecular formula is C24H30Cl2N2O3. The van der Waals surface area contributed by atoms with Gasteiger partial charge >= 0.3 is 0 Å². The van der Waals surface area contributed by atoms with Crippen LogP contribution in [0.2, 0.25) is 0 Å². The Kier molecular flexibility index (Phi) is 5.21. The van der Waals surface area contributed by atoms with Crippen molar-refractivity contribution in [2.75, 3.05) is 19.6 Å². The first-order valence-electron chi connectivity index (χ1n) is 11.4. The molecule has 0 spiro atoms. The number of halogens is 2. The Balaban J connectivity index is 1.25. The predicted octanol–water partition coefficient (Wildman–Crippen LogP) is 4.36. The number of rotatable bonds is 4. The van der Waals surface area contributed by atoms with Crippen molar-refractivity contribution >= 4 is 35.0 Å². The number of piperidine rings is 3. The van der Waals surface area contributed by atoms with E-state index in [4.69, 9.17) is 27.9 Å². The largest absolute Gasteiger partial charge is 0.478 e. The van der Waals surface area contributed by atoms with Crippen LogP contribution in [0.15, 0.2) is 24.3 Å². The van der Waals surface area contributed by atoms with E-state index in [2.05, 4.69) is 4.90 Å². The third kappa shape index (κ3) is 4.04. The van der Waals surface area contributed by atoms with E-state index in [0.717, 1.165) is 37.8 Å². The minimum absolute atomic E-state index is 0.0181. The Morgan fingerprint density at radius 1 is 1.16 bits per heavy atom. The summed E-state index contributed by atoms with van der Waals surface area (Å²) in [4.78, 5) is 29.9. The van der Waals surface area contributed by atoms with E-state index in [1.807, 2.05) is 43.0 Å². The van der Waals surface area contributed by atoms with Crippen LogP contribution in [-0.2, 0) is 9.59 Å². The number of amides is 2. The van der Waals surface area contributed by atoms with Gasteiger partial charge in [0.1, 0.15) is 10.1 Å². The molecule has 1 saturated carbocycles. The molecule has 5 nitrogen and oxygen atoms in total. The summed E-state index contributed by atoms with van der Waals surface area (Å²) >= 11 is 12.3. The summed E-state index contributed by atoms with van der Waals surface area (Å²) < 4.78 is 5.50. The first-order valence-corrected chi connectivity index (χ1v) is 12.2. The molecule has 1 aliphatic carbocycles. The van der Waals surface area contributed by atoms with Crippen molar-refractivity contribution in [3.05, 3.63) is 29.8 Å². The Labute approximate surface area is 194 Å². The first-order chi connectivity index (χ1) is 14.6. The highest BCUT2D eigenvalue weighted by molar-refractivity contribution is 6.51. The molecule has 2 bridgehead atoms. The van der Waals surface area contributed by atoms with Crippen molar-refractivity contribution in [1.29, 1.82) is 0 Å². The quantitative estimate of drug-likeness (QED) is 0.621. The maximum absolute atomic E-state index is 13.4. The minimum atomic E-state index is -0.961. The van der Waals surface area contributed by atoms with E-state index in [-0.39, 0.29) is 11.8 Å². The second-order valence-electron chi connectivity index (χ2n) is 10.3. The molecule has 1 aromatic carbocycles. The highest BCUT2D eigenvalue weighted by atomic mass is 35.5. The fourth-order valence-corrected chi connectivity index (χ4v) is 6.40. The van der Waals surface area contributed by atoms with Crippen LogP contribution in [0.4, 0.5) is 0 Å².